The minimum Gasteiger partial charge on any atom is -0.507 e. The molecule has 3 aromatic carbocycles. The average Bonchev–Trinajstić information content (AvgIpc) is 3.59. The molecule has 1 aromatic heterocycles. The molecule has 4 rings (SSSR count). The molecule has 0 aliphatic carbocycles. The van der Waals surface area contributed by atoms with Crippen LogP contribution in [0.1, 0.15) is 105 Å². The van der Waals surface area contributed by atoms with Crippen molar-refractivity contribution in [2.24, 2.45) is 0 Å². The number of phenols is 1. The zero-order valence-electron chi connectivity index (χ0n) is 36.2. The summed E-state index contributed by atoms with van der Waals surface area (Å²) in [5, 5.41) is 11.5. The van der Waals surface area contributed by atoms with Gasteiger partial charge in [0.2, 0.25) is 0 Å². The molecule has 0 spiro atoms. The number of aryl methyl sites for hydroxylation is 2. The van der Waals surface area contributed by atoms with E-state index in [-0.39, 0.29) is 10.8 Å². The Morgan fingerprint density at radius 3 is 1.23 bits per heavy atom. The fourth-order valence-electron chi connectivity index (χ4n) is 7.11. The molecule has 4 aromatic rings. The predicted octanol–water partition coefficient (Wildman–Crippen LogP) is 10.9. The molecule has 0 saturated heterocycles. The van der Waals surface area contributed by atoms with Gasteiger partial charge >= 0.3 is 17.6 Å². The first-order valence-corrected chi connectivity index (χ1v) is 24.4. The number of imidazole rings is 1. The van der Waals surface area contributed by atoms with Crippen molar-refractivity contribution in [2.75, 3.05) is 39.6 Å². The molecular weight excluding hydrogens is 737 g/mol. The molecule has 308 valence electrons. The third-order valence-corrected chi connectivity index (χ3v) is 15.9. The van der Waals surface area contributed by atoms with Crippen molar-refractivity contribution in [3.05, 3.63) is 82.9 Å². The van der Waals surface area contributed by atoms with Crippen molar-refractivity contribution in [3.8, 4) is 39.7 Å². The number of hydrogen-bond acceptors (Lipinski definition) is 8. The Hall–Kier alpha value is -3.14. The van der Waals surface area contributed by atoms with Gasteiger partial charge in [0.1, 0.15) is 11.6 Å². The summed E-state index contributed by atoms with van der Waals surface area (Å²) in [4.78, 5) is 9.04. The lowest BCUT2D eigenvalue weighted by molar-refractivity contribution is 0.0706. The molecule has 0 unspecified atom stereocenters. The SMILES string of the molecule is CCO[Si](CCc1ccc(-c2nc(-c3cc(C(C)(C)C)c(O)c(C(C)(C)C)c3)[nH]c2-c2ccc(CC[Si](OCC)(OCC)OCC)cc2)cc1)(OCC)OCC. The maximum absolute atomic E-state index is 11.5. The van der Waals surface area contributed by atoms with E-state index >= 15 is 0 Å². The summed E-state index contributed by atoms with van der Waals surface area (Å²) in [6.45, 7) is 28.1. The van der Waals surface area contributed by atoms with E-state index in [1.807, 2.05) is 41.5 Å². The van der Waals surface area contributed by atoms with Crippen LogP contribution in [-0.2, 0) is 50.2 Å². The number of aromatic nitrogens is 2. The number of rotatable bonds is 21. The molecule has 0 aliphatic heterocycles. The van der Waals surface area contributed by atoms with E-state index in [2.05, 4.69) is 107 Å². The molecule has 56 heavy (non-hydrogen) atoms. The van der Waals surface area contributed by atoms with Gasteiger partial charge in [0.25, 0.3) is 0 Å². The Morgan fingerprint density at radius 1 is 0.536 bits per heavy atom. The van der Waals surface area contributed by atoms with Gasteiger partial charge in [-0.3, -0.25) is 0 Å². The van der Waals surface area contributed by atoms with Crippen LogP contribution in [0.5, 0.6) is 5.75 Å². The fraction of sp³-hybridized carbons (Fsp3) is 0.533. The highest BCUT2D eigenvalue weighted by molar-refractivity contribution is 6.61. The third kappa shape index (κ3) is 11.5. The minimum absolute atomic E-state index is 0.274. The first kappa shape index (κ1) is 45.6. The Bertz CT molecular complexity index is 1650. The third-order valence-electron chi connectivity index (χ3n) is 9.80. The van der Waals surface area contributed by atoms with Gasteiger partial charge in [0, 0.05) is 79.5 Å². The van der Waals surface area contributed by atoms with Gasteiger partial charge < -0.3 is 36.6 Å². The standard InChI is InChI=1S/C45H68N2O7Si2/c1-13-49-55(50-14-2,51-15-3)29-27-33-19-23-35(24-20-33)40-41(36-25-21-34(22-26-36)28-30-56(52-16-4,53-17-5)54-18-6)47-43(46-40)37-31-38(44(7,8)9)42(48)39(32-37)45(10,11)12/h19-26,31-32,48H,13-18,27-30H2,1-12H3,(H,46,47). The number of aromatic amines is 1. The van der Waals surface area contributed by atoms with Crippen LogP contribution in [0, 0.1) is 0 Å². The van der Waals surface area contributed by atoms with Crippen molar-refractivity contribution < 1.29 is 31.7 Å². The lowest BCUT2D eigenvalue weighted by Gasteiger charge is -2.28. The summed E-state index contributed by atoms with van der Waals surface area (Å²) in [6.07, 6.45) is 1.57. The molecule has 9 nitrogen and oxygen atoms in total. The van der Waals surface area contributed by atoms with Crippen LogP contribution in [0.2, 0.25) is 12.1 Å². The molecule has 2 N–H and O–H groups in total. The monoisotopic (exact) mass is 804 g/mol. The van der Waals surface area contributed by atoms with E-state index in [9.17, 15) is 5.11 Å². The second-order valence-electron chi connectivity index (χ2n) is 16.1. The second kappa shape index (κ2) is 20.0. The predicted molar refractivity (Wildman–Crippen MR) is 232 cm³/mol. The van der Waals surface area contributed by atoms with Crippen LogP contribution in [0.4, 0.5) is 0 Å². The molecule has 0 bridgehead atoms. The smallest absolute Gasteiger partial charge is 0.501 e. The van der Waals surface area contributed by atoms with Crippen LogP contribution in [0.25, 0.3) is 33.9 Å². The number of hydrogen-bond donors (Lipinski definition) is 2. The summed E-state index contributed by atoms with van der Waals surface area (Å²) in [6, 6.07) is 22.9. The highest BCUT2D eigenvalue weighted by Gasteiger charge is 2.41. The van der Waals surface area contributed by atoms with Crippen molar-refractivity contribution in [3.63, 3.8) is 0 Å². The zero-order chi connectivity index (χ0) is 41.1. The van der Waals surface area contributed by atoms with Gasteiger partial charge in [-0.2, -0.15) is 0 Å². The summed E-state index contributed by atoms with van der Waals surface area (Å²) in [7, 11) is -5.54. The first-order chi connectivity index (χ1) is 26.6. The Labute approximate surface area is 339 Å². The van der Waals surface area contributed by atoms with Crippen LogP contribution in [0.3, 0.4) is 0 Å². The Balaban J connectivity index is 1.77. The number of nitrogens with zero attached hydrogens (tertiary/aromatic N) is 1. The lowest BCUT2D eigenvalue weighted by Crippen LogP contribution is -2.46. The van der Waals surface area contributed by atoms with Crippen molar-refractivity contribution in [2.45, 2.75) is 119 Å². The normalized spacial score (nSPS) is 12.8. The van der Waals surface area contributed by atoms with Crippen molar-refractivity contribution in [1.82, 2.24) is 9.97 Å². The molecule has 0 amide bonds. The molecule has 0 aliphatic rings. The van der Waals surface area contributed by atoms with Gasteiger partial charge in [-0.05, 0) is 88.5 Å². The van der Waals surface area contributed by atoms with E-state index in [1.165, 1.54) is 11.1 Å². The molecular formula is C45H68N2O7Si2. The number of benzene rings is 3. The Morgan fingerprint density at radius 2 is 0.893 bits per heavy atom. The summed E-state index contributed by atoms with van der Waals surface area (Å²) < 4.78 is 36.7. The van der Waals surface area contributed by atoms with E-state index < -0.39 is 17.6 Å². The van der Waals surface area contributed by atoms with Gasteiger partial charge in [0.15, 0.2) is 0 Å². The first-order valence-electron chi connectivity index (χ1n) is 20.6. The van der Waals surface area contributed by atoms with E-state index in [1.54, 1.807) is 0 Å². The molecule has 0 fully saturated rings. The largest absolute Gasteiger partial charge is 0.507 e. The molecule has 0 saturated carbocycles. The maximum atomic E-state index is 11.5. The average molecular weight is 805 g/mol. The fourth-order valence-corrected chi connectivity index (χ4v) is 12.3. The van der Waals surface area contributed by atoms with E-state index in [4.69, 9.17) is 31.5 Å². The van der Waals surface area contributed by atoms with Gasteiger partial charge in [-0.1, -0.05) is 90.1 Å². The topological polar surface area (TPSA) is 104 Å². The van der Waals surface area contributed by atoms with Gasteiger partial charge in [-0.15, -0.1) is 0 Å². The summed E-state index contributed by atoms with van der Waals surface area (Å²) in [5.41, 5.74) is 8.36. The number of aromatic hydroxyl groups is 1. The second-order valence-corrected chi connectivity index (χ2v) is 21.6. The van der Waals surface area contributed by atoms with E-state index in [0.717, 1.165) is 57.9 Å². The number of phenolic OH excluding ortho intramolecular Hbond substituents is 1. The summed E-state index contributed by atoms with van der Waals surface area (Å²) in [5.74, 6) is 1.10. The summed E-state index contributed by atoms with van der Waals surface area (Å²) >= 11 is 0. The molecule has 0 radical (unpaired) electrons. The maximum Gasteiger partial charge on any atom is 0.501 e. The highest BCUT2D eigenvalue weighted by Crippen LogP contribution is 2.43. The van der Waals surface area contributed by atoms with Crippen LogP contribution >= 0.6 is 0 Å². The van der Waals surface area contributed by atoms with Gasteiger partial charge in [0.05, 0.1) is 11.4 Å². The highest BCUT2D eigenvalue weighted by atomic mass is 28.4. The zero-order valence-corrected chi connectivity index (χ0v) is 38.2. The molecule has 11 heteroatoms. The van der Waals surface area contributed by atoms with Crippen molar-refractivity contribution in [1.29, 1.82) is 0 Å². The number of nitrogens with one attached hydrogen (secondary N) is 1. The van der Waals surface area contributed by atoms with Gasteiger partial charge in [-0.25, -0.2) is 4.98 Å². The van der Waals surface area contributed by atoms with E-state index in [0.29, 0.717) is 57.5 Å². The van der Waals surface area contributed by atoms with Crippen molar-refractivity contribution >= 4 is 17.6 Å². The number of H-pyrrole nitrogens is 1. The molecule has 1 heterocycles. The van der Waals surface area contributed by atoms with Crippen LogP contribution in [0.15, 0.2) is 60.7 Å². The molecule has 0 atom stereocenters. The lowest BCUT2D eigenvalue weighted by atomic mass is 9.78. The van der Waals surface area contributed by atoms with Crippen LogP contribution in [-0.4, -0.2) is 72.3 Å². The quantitative estimate of drug-likeness (QED) is 0.0803. The van der Waals surface area contributed by atoms with Crippen LogP contribution < -0.4 is 0 Å². The minimum atomic E-state index is -2.77. The Kier molecular flexibility index (Phi) is 16.3.